The van der Waals surface area contributed by atoms with Gasteiger partial charge in [-0.25, -0.2) is 0 Å². The van der Waals surface area contributed by atoms with Crippen LogP contribution in [0.3, 0.4) is 0 Å². The van der Waals surface area contributed by atoms with Gasteiger partial charge in [0.15, 0.2) is 0 Å². The van der Waals surface area contributed by atoms with E-state index < -0.39 is 0 Å². The number of nitrogens with zero attached hydrogens (tertiary/aromatic N) is 1. The number of hydrogen-bond donors (Lipinski definition) is 1. The van der Waals surface area contributed by atoms with Gasteiger partial charge in [0.25, 0.3) is 0 Å². The third-order valence-corrected chi connectivity index (χ3v) is 2.71. The molecule has 1 unspecified atom stereocenters. The first kappa shape index (κ1) is 11.7. The Bertz CT molecular complexity index is 192. The van der Waals surface area contributed by atoms with E-state index in [-0.39, 0.29) is 6.04 Å². The molecule has 0 bridgehead atoms. The lowest BCUT2D eigenvalue weighted by Crippen LogP contribution is -2.40. The smallest absolute Gasteiger partial charge is 0.0477 e. The third kappa shape index (κ3) is 4.22. The second-order valence-electron chi connectivity index (χ2n) is 4.10. The molecular weight excluding hydrogens is 176 g/mol. The van der Waals surface area contributed by atoms with Crippen LogP contribution in [0.5, 0.6) is 0 Å². The first-order valence-electron chi connectivity index (χ1n) is 5.35. The number of hydrogen-bond acceptors (Lipinski definition) is 3. The number of nitrogens with two attached hydrogens (primary N) is 1. The van der Waals surface area contributed by atoms with Crippen molar-refractivity contribution in [2.75, 3.05) is 33.4 Å². The Balaban J connectivity index is 2.18. The van der Waals surface area contributed by atoms with Crippen LogP contribution in [-0.2, 0) is 4.74 Å². The summed E-state index contributed by atoms with van der Waals surface area (Å²) in [4.78, 5) is 2.41. The van der Waals surface area contributed by atoms with E-state index in [9.17, 15) is 0 Å². The Morgan fingerprint density at radius 1 is 1.64 bits per heavy atom. The molecule has 1 heterocycles. The molecule has 0 aromatic rings. The fourth-order valence-corrected chi connectivity index (χ4v) is 1.67. The van der Waals surface area contributed by atoms with Crippen molar-refractivity contribution >= 4 is 0 Å². The highest BCUT2D eigenvalue weighted by molar-refractivity contribution is 5.03. The monoisotopic (exact) mass is 198 g/mol. The van der Waals surface area contributed by atoms with Gasteiger partial charge < -0.3 is 10.5 Å². The van der Waals surface area contributed by atoms with Crippen LogP contribution in [0.1, 0.15) is 19.8 Å². The minimum atomic E-state index is 0.252. The summed E-state index contributed by atoms with van der Waals surface area (Å²) in [5.74, 6) is 0. The minimum Gasteiger partial charge on any atom is -0.385 e. The lowest BCUT2D eigenvalue weighted by Gasteiger charge is -2.27. The largest absolute Gasteiger partial charge is 0.385 e. The van der Waals surface area contributed by atoms with E-state index >= 15 is 0 Å². The predicted octanol–water partition coefficient (Wildman–Crippen LogP) is 1.00. The molecule has 0 aromatic carbocycles. The van der Waals surface area contributed by atoms with Crippen LogP contribution in [0.25, 0.3) is 0 Å². The van der Waals surface area contributed by atoms with E-state index in [4.69, 9.17) is 10.5 Å². The van der Waals surface area contributed by atoms with Crippen LogP contribution in [0.4, 0.5) is 0 Å². The van der Waals surface area contributed by atoms with Crippen molar-refractivity contribution in [2.24, 2.45) is 5.73 Å². The second-order valence-corrected chi connectivity index (χ2v) is 4.10. The van der Waals surface area contributed by atoms with Gasteiger partial charge in [-0.3, -0.25) is 4.90 Å². The molecule has 1 atom stereocenters. The Morgan fingerprint density at radius 2 is 2.43 bits per heavy atom. The average Bonchev–Trinajstić information content (AvgIpc) is 2.18. The van der Waals surface area contributed by atoms with Gasteiger partial charge in [0.2, 0.25) is 0 Å². The fraction of sp³-hybridized carbons (Fsp3) is 0.818. The van der Waals surface area contributed by atoms with E-state index in [2.05, 4.69) is 17.9 Å². The van der Waals surface area contributed by atoms with E-state index in [1.54, 1.807) is 7.11 Å². The molecule has 1 aliphatic heterocycles. The Labute approximate surface area is 86.9 Å². The summed E-state index contributed by atoms with van der Waals surface area (Å²) in [5.41, 5.74) is 7.49. The van der Waals surface area contributed by atoms with Crippen molar-refractivity contribution in [1.29, 1.82) is 0 Å². The summed E-state index contributed by atoms with van der Waals surface area (Å²) in [6, 6.07) is 0.252. The summed E-state index contributed by atoms with van der Waals surface area (Å²) < 4.78 is 5.01. The minimum absolute atomic E-state index is 0.252. The first-order chi connectivity index (χ1) is 6.72. The van der Waals surface area contributed by atoms with Gasteiger partial charge in [-0.2, -0.15) is 0 Å². The van der Waals surface area contributed by atoms with E-state index in [0.29, 0.717) is 0 Å². The second kappa shape index (κ2) is 6.17. The molecule has 0 saturated carbocycles. The van der Waals surface area contributed by atoms with Gasteiger partial charge in [0.1, 0.15) is 0 Å². The highest BCUT2D eigenvalue weighted by atomic mass is 16.5. The third-order valence-electron chi connectivity index (χ3n) is 2.71. The van der Waals surface area contributed by atoms with Crippen molar-refractivity contribution in [2.45, 2.75) is 25.8 Å². The zero-order valence-electron chi connectivity index (χ0n) is 9.33. The maximum atomic E-state index is 5.98. The molecule has 1 aliphatic rings. The van der Waals surface area contributed by atoms with Gasteiger partial charge >= 0.3 is 0 Å². The standard InChI is InChI=1S/C11H22N2O/c1-10-3-6-13(7-4-10)9-11(12)5-8-14-2/h3,11H,4-9,12H2,1-2H3. The zero-order chi connectivity index (χ0) is 10.4. The molecule has 3 nitrogen and oxygen atoms in total. The lowest BCUT2D eigenvalue weighted by molar-refractivity contribution is 0.176. The molecular formula is C11H22N2O. The molecule has 14 heavy (non-hydrogen) atoms. The maximum Gasteiger partial charge on any atom is 0.0477 e. The van der Waals surface area contributed by atoms with Crippen LogP contribution in [0.15, 0.2) is 11.6 Å². The SMILES string of the molecule is COCCC(N)CN1CC=C(C)CC1. The highest BCUT2D eigenvalue weighted by Crippen LogP contribution is 2.09. The first-order valence-corrected chi connectivity index (χ1v) is 5.35. The predicted molar refractivity (Wildman–Crippen MR) is 59.3 cm³/mol. The van der Waals surface area contributed by atoms with Crippen molar-refractivity contribution in [3.8, 4) is 0 Å². The van der Waals surface area contributed by atoms with Crippen LogP contribution in [0.2, 0.25) is 0 Å². The van der Waals surface area contributed by atoms with Gasteiger partial charge in [0, 0.05) is 39.4 Å². The maximum absolute atomic E-state index is 5.98. The number of methoxy groups -OCH3 is 1. The quantitative estimate of drug-likeness (QED) is 0.670. The molecule has 0 saturated heterocycles. The number of rotatable bonds is 5. The van der Waals surface area contributed by atoms with Gasteiger partial charge in [0.05, 0.1) is 0 Å². The Hall–Kier alpha value is -0.380. The van der Waals surface area contributed by atoms with E-state index in [1.165, 1.54) is 12.0 Å². The summed E-state index contributed by atoms with van der Waals surface area (Å²) in [5, 5.41) is 0. The topological polar surface area (TPSA) is 38.5 Å². The van der Waals surface area contributed by atoms with Gasteiger partial charge in [-0.05, 0) is 19.8 Å². The summed E-state index contributed by atoms with van der Waals surface area (Å²) in [6.45, 7) is 6.18. The summed E-state index contributed by atoms with van der Waals surface area (Å²) in [6.07, 6.45) is 4.44. The number of ether oxygens (including phenoxy) is 1. The van der Waals surface area contributed by atoms with Crippen molar-refractivity contribution in [1.82, 2.24) is 4.90 Å². The molecule has 3 heteroatoms. The fourth-order valence-electron chi connectivity index (χ4n) is 1.67. The van der Waals surface area contributed by atoms with Crippen LogP contribution >= 0.6 is 0 Å². The molecule has 0 aliphatic carbocycles. The lowest BCUT2D eigenvalue weighted by atomic mass is 10.1. The van der Waals surface area contributed by atoms with Crippen LogP contribution < -0.4 is 5.73 Å². The normalized spacial score (nSPS) is 20.6. The van der Waals surface area contributed by atoms with Crippen molar-refractivity contribution in [3.05, 3.63) is 11.6 Å². The van der Waals surface area contributed by atoms with Gasteiger partial charge in [-0.15, -0.1) is 0 Å². The molecule has 0 amide bonds. The summed E-state index contributed by atoms with van der Waals surface area (Å²) >= 11 is 0. The molecule has 0 fully saturated rings. The molecule has 0 radical (unpaired) electrons. The zero-order valence-corrected chi connectivity index (χ0v) is 9.33. The Morgan fingerprint density at radius 3 is 3.00 bits per heavy atom. The summed E-state index contributed by atoms with van der Waals surface area (Å²) in [7, 11) is 1.72. The van der Waals surface area contributed by atoms with Crippen LogP contribution in [0, 0.1) is 0 Å². The molecule has 82 valence electrons. The average molecular weight is 198 g/mol. The molecule has 0 spiro atoms. The van der Waals surface area contributed by atoms with Gasteiger partial charge in [-0.1, -0.05) is 11.6 Å². The van der Waals surface area contributed by atoms with E-state index in [1.807, 2.05) is 0 Å². The highest BCUT2D eigenvalue weighted by Gasteiger charge is 2.12. The molecule has 0 aromatic heterocycles. The Kier molecular flexibility index (Phi) is 5.15. The van der Waals surface area contributed by atoms with Crippen LogP contribution in [-0.4, -0.2) is 44.3 Å². The molecule has 1 rings (SSSR count). The van der Waals surface area contributed by atoms with E-state index in [0.717, 1.165) is 32.7 Å². The van der Waals surface area contributed by atoms with Crippen molar-refractivity contribution < 1.29 is 4.74 Å². The molecule has 2 N–H and O–H groups in total. The van der Waals surface area contributed by atoms with Crippen molar-refractivity contribution in [3.63, 3.8) is 0 Å².